The summed E-state index contributed by atoms with van der Waals surface area (Å²) in [6.45, 7) is 12.7. The number of nitrogens with zero attached hydrogens (tertiary/aromatic N) is 1. The third-order valence-electron chi connectivity index (χ3n) is 1.23. The van der Waals surface area contributed by atoms with E-state index in [4.69, 9.17) is 0 Å². The molecule has 0 aliphatic rings. The van der Waals surface area contributed by atoms with Gasteiger partial charge in [0.05, 0.1) is 0 Å². The van der Waals surface area contributed by atoms with Gasteiger partial charge in [-0.15, -0.1) is 0 Å². The SMILES string of the molecule is C=C/C=N\C(C)=C(C=C)C=C. The van der Waals surface area contributed by atoms with Crippen molar-refractivity contribution in [3.8, 4) is 0 Å². The lowest BCUT2D eigenvalue weighted by Gasteiger charge is -1.95. The van der Waals surface area contributed by atoms with Gasteiger partial charge in [-0.2, -0.15) is 0 Å². The molecule has 0 aliphatic carbocycles. The molecule has 0 unspecified atom stereocenters. The zero-order valence-electron chi connectivity index (χ0n) is 6.88. The van der Waals surface area contributed by atoms with Gasteiger partial charge < -0.3 is 0 Å². The maximum atomic E-state index is 4.08. The Hall–Kier alpha value is -1.37. The predicted octanol–water partition coefficient (Wildman–Crippen LogP) is 2.89. The van der Waals surface area contributed by atoms with E-state index in [1.165, 1.54) is 0 Å². The smallest absolute Gasteiger partial charge is 0.0444 e. The lowest BCUT2D eigenvalue weighted by atomic mass is 10.2. The Morgan fingerprint density at radius 2 is 1.73 bits per heavy atom. The molecule has 0 bridgehead atoms. The average molecular weight is 147 g/mol. The van der Waals surface area contributed by atoms with Gasteiger partial charge in [0.1, 0.15) is 0 Å². The first-order chi connectivity index (χ1) is 5.26. The van der Waals surface area contributed by atoms with E-state index in [1.807, 2.05) is 6.92 Å². The molecule has 0 amide bonds. The number of rotatable bonds is 4. The van der Waals surface area contributed by atoms with Gasteiger partial charge in [-0.05, 0) is 12.5 Å². The topological polar surface area (TPSA) is 12.4 Å². The first-order valence-corrected chi connectivity index (χ1v) is 3.37. The minimum absolute atomic E-state index is 0.898. The molecule has 0 rings (SSSR count). The van der Waals surface area contributed by atoms with Gasteiger partial charge in [-0.3, -0.25) is 4.99 Å². The van der Waals surface area contributed by atoms with Crippen LogP contribution in [0.3, 0.4) is 0 Å². The second kappa shape index (κ2) is 5.42. The average Bonchev–Trinajstić information content (AvgIpc) is 2.03. The van der Waals surface area contributed by atoms with E-state index in [1.54, 1.807) is 24.4 Å². The van der Waals surface area contributed by atoms with Crippen molar-refractivity contribution in [3.63, 3.8) is 0 Å². The molecule has 0 aliphatic heterocycles. The van der Waals surface area contributed by atoms with E-state index in [2.05, 4.69) is 24.7 Å². The van der Waals surface area contributed by atoms with Crippen LogP contribution in [0.25, 0.3) is 0 Å². The Kier molecular flexibility index (Phi) is 4.74. The van der Waals surface area contributed by atoms with Gasteiger partial charge in [0.2, 0.25) is 0 Å². The lowest BCUT2D eigenvalue weighted by Crippen LogP contribution is -1.77. The van der Waals surface area contributed by atoms with Crippen molar-refractivity contribution in [3.05, 3.63) is 49.2 Å². The van der Waals surface area contributed by atoms with E-state index in [0.29, 0.717) is 0 Å². The fourth-order valence-electron chi connectivity index (χ4n) is 0.618. The van der Waals surface area contributed by atoms with Gasteiger partial charge in [0, 0.05) is 11.9 Å². The maximum Gasteiger partial charge on any atom is 0.0444 e. The molecule has 0 fully saturated rings. The Balaban J connectivity index is 4.60. The van der Waals surface area contributed by atoms with Gasteiger partial charge >= 0.3 is 0 Å². The summed E-state index contributed by atoms with van der Waals surface area (Å²) in [5.74, 6) is 0. The number of hydrogen-bond acceptors (Lipinski definition) is 1. The molecule has 0 heterocycles. The number of aliphatic imine (C=N–C) groups is 1. The summed E-state index contributed by atoms with van der Waals surface area (Å²) >= 11 is 0. The molecule has 1 nitrogen and oxygen atoms in total. The molecular formula is C10H13N. The molecule has 0 saturated carbocycles. The van der Waals surface area contributed by atoms with E-state index in [0.717, 1.165) is 11.3 Å². The molecular weight excluding hydrogens is 134 g/mol. The van der Waals surface area contributed by atoms with Crippen molar-refractivity contribution < 1.29 is 0 Å². The molecule has 0 aromatic heterocycles. The molecule has 1 heteroatoms. The van der Waals surface area contributed by atoms with Crippen molar-refractivity contribution in [2.24, 2.45) is 4.99 Å². The van der Waals surface area contributed by atoms with Gasteiger partial charge in [0.25, 0.3) is 0 Å². The standard InChI is InChI=1S/C10H13N/c1-5-8-11-9(4)10(6-2)7-3/h5-8H,1-3H2,4H3/b11-8-. The molecule has 0 spiro atoms. The van der Waals surface area contributed by atoms with Crippen molar-refractivity contribution >= 4 is 6.21 Å². The third-order valence-corrected chi connectivity index (χ3v) is 1.23. The summed E-state index contributed by atoms with van der Waals surface area (Å²) in [6.07, 6.45) is 6.72. The Morgan fingerprint density at radius 3 is 2.09 bits per heavy atom. The molecule has 0 aromatic rings. The summed E-state index contributed by atoms with van der Waals surface area (Å²) in [5.41, 5.74) is 1.85. The largest absolute Gasteiger partial charge is 0.261 e. The van der Waals surface area contributed by atoms with Crippen molar-refractivity contribution in [2.75, 3.05) is 0 Å². The Bertz CT molecular complexity index is 209. The van der Waals surface area contributed by atoms with Crippen molar-refractivity contribution in [1.29, 1.82) is 0 Å². The minimum Gasteiger partial charge on any atom is -0.261 e. The van der Waals surface area contributed by atoms with E-state index >= 15 is 0 Å². The molecule has 58 valence electrons. The van der Waals surface area contributed by atoms with Crippen LogP contribution in [0.5, 0.6) is 0 Å². The lowest BCUT2D eigenvalue weighted by molar-refractivity contribution is 1.28. The highest BCUT2D eigenvalue weighted by atomic mass is 14.7. The molecule has 0 atom stereocenters. The first-order valence-electron chi connectivity index (χ1n) is 3.37. The Morgan fingerprint density at radius 1 is 1.18 bits per heavy atom. The monoisotopic (exact) mass is 147 g/mol. The third kappa shape index (κ3) is 3.36. The highest BCUT2D eigenvalue weighted by Crippen LogP contribution is 2.06. The summed E-state index contributed by atoms with van der Waals surface area (Å²) in [6, 6.07) is 0. The highest BCUT2D eigenvalue weighted by molar-refractivity contribution is 5.71. The van der Waals surface area contributed by atoms with Crippen LogP contribution in [0.2, 0.25) is 0 Å². The van der Waals surface area contributed by atoms with Crippen LogP contribution >= 0.6 is 0 Å². The van der Waals surface area contributed by atoms with E-state index < -0.39 is 0 Å². The van der Waals surface area contributed by atoms with Crippen molar-refractivity contribution in [1.82, 2.24) is 0 Å². The first kappa shape index (κ1) is 9.63. The van der Waals surface area contributed by atoms with Crippen LogP contribution in [0.4, 0.5) is 0 Å². The summed E-state index contributed by atoms with van der Waals surface area (Å²) in [7, 11) is 0. The van der Waals surface area contributed by atoms with Gasteiger partial charge in [-0.1, -0.05) is 38.0 Å². The summed E-state index contributed by atoms with van der Waals surface area (Å²) in [5, 5.41) is 0. The molecule has 0 N–H and O–H groups in total. The zero-order chi connectivity index (χ0) is 8.69. The van der Waals surface area contributed by atoms with Crippen LogP contribution in [-0.2, 0) is 0 Å². The van der Waals surface area contributed by atoms with E-state index in [9.17, 15) is 0 Å². The fourth-order valence-corrected chi connectivity index (χ4v) is 0.618. The molecule has 0 saturated heterocycles. The highest BCUT2D eigenvalue weighted by Gasteiger charge is 1.88. The second-order valence-electron chi connectivity index (χ2n) is 1.96. The van der Waals surface area contributed by atoms with Crippen LogP contribution < -0.4 is 0 Å². The van der Waals surface area contributed by atoms with Crippen LogP contribution in [0, 0.1) is 0 Å². The van der Waals surface area contributed by atoms with Crippen LogP contribution in [-0.4, -0.2) is 6.21 Å². The molecule has 0 aromatic carbocycles. The number of allylic oxidation sites excluding steroid dienone is 5. The van der Waals surface area contributed by atoms with Crippen molar-refractivity contribution in [2.45, 2.75) is 6.92 Å². The maximum absolute atomic E-state index is 4.08. The predicted molar refractivity (Wildman–Crippen MR) is 51.8 cm³/mol. The zero-order valence-corrected chi connectivity index (χ0v) is 6.88. The van der Waals surface area contributed by atoms with Crippen LogP contribution in [0.15, 0.2) is 54.2 Å². The second-order valence-corrected chi connectivity index (χ2v) is 1.96. The molecule has 11 heavy (non-hydrogen) atoms. The summed E-state index contributed by atoms with van der Waals surface area (Å²) in [4.78, 5) is 4.08. The Labute approximate surface area is 68.2 Å². The quantitative estimate of drug-likeness (QED) is 0.428. The van der Waals surface area contributed by atoms with E-state index in [-0.39, 0.29) is 0 Å². The normalized spacial score (nSPS) is 9.18. The molecule has 0 radical (unpaired) electrons. The van der Waals surface area contributed by atoms with Gasteiger partial charge in [0.15, 0.2) is 0 Å². The fraction of sp³-hybridized carbons (Fsp3) is 0.100. The minimum atomic E-state index is 0.898. The number of hydrogen-bond donors (Lipinski definition) is 0. The van der Waals surface area contributed by atoms with Gasteiger partial charge in [-0.25, -0.2) is 0 Å². The summed E-state index contributed by atoms with van der Waals surface area (Å²) < 4.78 is 0. The van der Waals surface area contributed by atoms with Crippen LogP contribution in [0.1, 0.15) is 6.92 Å².